The molecule has 2 aliphatic rings. The molecule has 0 unspecified atom stereocenters. The molecule has 2 N–H and O–H groups in total. The van der Waals surface area contributed by atoms with Crippen molar-refractivity contribution in [1.82, 2.24) is 15.6 Å². The van der Waals surface area contributed by atoms with E-state index in [-0.39, 0.29) is 11.8 Å². The summed E-state index contributed by atoms with van der Waals surface area (Å²) >= 11 is 1.39. The third-order valence-electron chi connectivity index (χ3n) is 5.90. The number of hydrogen-bond acceptors (Lipinski definition) is 9. The number of amidine groups is 1. The van der Waals surface area contributed by atoms with E-state index in [4.69, 9.17) is 9.36 Å². The minimum absolute atomic E-state index is 0.278. The van der Waals surface area contributed by atoms with Crippen LogP contribution in [0.25, 0.3) is 21.5 Å². The first kappa shape index (κ1) is 19.9. The van der Waals surface area contributed by atoms with Crippen LogP contribution in [0.1, 0.15) is 31.4 Å². The van der Waals surface area contributed by atoms with Crippen LogP contribution in [0.2, 0.25) is 0 Å². The summed E-state index contributed by atoms with van der Waals surface area (Å²) in [5, 5.41) is 8.07. The van der Waals surface area contributed by atoms with Crippen molar-refractivity contribution in [3.8, 4) is 11.3 Å². The molecular weight excluding hydrogens is 445 g/mol. The lowest BCUT2D eigenvalue weighted by Crippen LogP contribution is -2.47. The number of fused-ring (bicyclic) bond motifs is 1. The lowest BCUT2D eigenvalue weighted by Gasteiger charge is -2.27. The van der Waals surface area contributed by atoms with Crippen LogP contribution < -0.4 is 10.8 Å². The van der Waals surface area contributed by atoms with Gasteiger partial charge in [-0.1, -0.05) is 41.5 Å². The molecule has 1 aliphatic carbocycles. The molecule has 0 bridgehead atoms. The average Bonchev–Trinajstić information content (AvgIpc) is 3.56. The molecule has 1 fully saturated rings. The molecule has 1 spiro atoms. The van der Waals surface area contributed by atoms with Crippen molar-refractivity contribution in [3.05, 3.63) is 60.1 Å². The Balaban J connectivity index is 1.20. The molecule has 2 aromatic heterocycles. The number of hydroxylamine groups is 1. The van der Waals surface area contributed by atoms with E-state index >= 15 is 0 Å². The van der Waals surface area contributed by atoms with E-state index in [1.54, 1.807) is 12.1 Å². The Morgan fingerprint density at radius 3 is 2.73 bits per heavy atom. The van der Waals surface area contributed by atoms with Crippen LogP contribution in [0.4, 0.5) is 15.2 Å². The van der Waals surface area contributed by atoms with Gasteiger partial charge in [-0.15, -0.1) is 0 Å². The van der Waals surface area contributed by atoms with Gasteiger partial charge in [-0.2, -0.15) is 5.48 Å². The Morgan fingerprint density at radius 1 is 1.09 bits per heavy atom. The second kappa shape index (κ2) is 7.66. The summed E-state index contributed by atoms with van der Waals surface area (Å²) in [6.07, 6.45) is 3.25. The molecule has 3 heterocycles. The predicted octanol–water partition coefficient (Wildman–Crippen LogP) is 4.95. The van der Waals surface area contributed by atoms with Gasteiger partial charge in [0.05, 0.1) is 10.2 Å². The van der Waals surface area contributed by atoms with Crippen LogP contribution in [0, 0.1) is 5.82 Å². The van der Waals surface area contributed by atoms with Gasteiger partial charge in [0.2, 0.25) is 11.6 Å². The second-order valence-electron chi connectivity index (χ2n) is 8.10. The molecule has 0 atom stereocenters. The van der Waals surface area contributed by atoms with E-state index in [1.165, 1.54) is 23.5 Å². The topological polar surface area (TPSA) is 102 Å². The van der Waals surface area contributed by atoms with Crippen LogP contribution >= 0.6 is 11.3 Å². The van der Waals surface area contributed by atoms with E-state index in [1.807, 2.05) is 24.3 Å². The van der Waals surface area contributed by atoms with Crippen molar-refractivity contribution in [1.29, 1.82) is 0 Å². The van der Waals surface area contributed by atoms with E-state index in [0.717, 1.165) is 34.3 Å². The van der Waals surface area contributed by atoms with E-state index in [0.29, 0.717) is 35.3 Å². The van der Waals surface area contributed by atoms with Crippen LogP contribution in [-0.4, -0.2) is 27.5 Å². The highest BCUT2D eigenvalue weighted by molar-refractivity contribution is 7.22. The number of nitrogens with zero attached hydrogens (tertiary/aromatic N) is 3. The summed E-state index contributed by atoms with van der Waals surface area (Å²) < 4.78 is 19.7. The first-order chi connectivity index (χ1) is 16.1. The monoisotopic (exact) mass is 463 g/mol. The minimum Gasteiger partial charge on any atom is -0.352 e. The molecule has 8 nitrogen and oxygen atoms in total. The number of hydrogen-bond donors (Lipinski definition) is 2. The number of aliphatic imine (C=N–C) groups is 1. The Bertz CT molecular complexity index is 1390. The SMILES string of the molecule is O=C1ONC(c2cc(-c3ccc(Nc4nc5ccc(F)cc5s4)cc3)no2)=NC12CCCC2. The zero-order chi connectivity index (χ0) is 22.4. The van der Waals surface area contributed by atoms with Crippen molar-refractivity contribution in [2.75, 3.05) is 5.32 Å². The fraction of sp³-hybridized carbons (Fsp3) is 0.217. The second-order valence-corrected chi connectivity index (χ2v) is 9.13. The quantitative estimate of drug-likeness (QED) is 0.441. The Kier molecular flexibility index (Phi) is 4.61. The zero-order valence-corrected chi connectivity index (χ0v) is 18.1. The maximum Gasteiger partial charge on any atom is 0.359 e. The average molecular weight is 463 g/mol. The van der Waals surface area contributed by atoms with E-state index in [2.05, 4.69) is 25.9 Å². The number of nitrogens with one attached hydrogen (secondary N) is 2. The van der Waals surface area contributed by atoms with Gasteiger partial charge in [0.1, 0.15) is 11.5 Å². The molecule has 6 rings (SSSR count). The van der Waals surface area contributed by atoms with Crippen LogP contribution in [0.5, 0.6) is 0 Å². The number of aromatic nitrogens is 2. The smallest absolute Gasteiger partial charge is 0.352 e. The van der Waals surface area contributed by atoms with Gasteiger partial charge in [0.25, 0.3) is 0 Å². The van der Waals surface area contributed by atoms with Crippen molar-refractivity contribution in [2.45, 2.75) is 31.2 Å². The normalized spacial score (nSPS) is 17.1. The van der Waals surface area contributed by atoms with Crippen molar-refractivity contribution < 1.29 is 18.5 Å². The van der Waals surface area contributed by atoms with Crippen LogP contribution in [-0.2, 0) is 9.63 Å². The van der Waals surface area contributed by atoms with Gasteiger partial charge in [0.15, 0.2) is 10.7 Å². The molecule has 0 amide bonds. The fourth-order valence-corrected chi connectivity index (χ4v) is 5.09. The number of benzene rings is 2. The molecule has 166 valence electrons. The first-order valence-electron chi connectivity index (χ1n) is 10.6. The maximum atomic E-state index is 13.4. The summed E-state index contributed by atoms with van der Waals surface area (Å²) in [6, 6.07) is 13.9. The zero-order valence-electron chi connectivity index (χ0n) is 17.3. The van der Waals surface area contributed by atoms with Gasteiger partial charge in [-0.05, 0) is 43.2 Å². The number of anilines is 2. The summed E-state index contributed by atoms with van der Waals surface area (Å²) in [7, 11) is 0. The lowest BCUT2D eigenvalue weighted by molar-refractivity contribution is -0.156. The highest BCUT2D eigenvalue weighted by Gasteiger charge is 2.46. The van der Waals surface area contributed by atoms with E-state index < -0.39 is 5.54 Å². The largest absolute Gasteiger partial charge is 0.359 e. The Hall–Kier alpha value is -3.79. The van der Waals surface area contributed by atoms with Crippen molar-refractivity contribution in [3.63, 3.8) is 0 Å². The molecule has 33 heavy (non-hydrogen) atoms. The summed E-state index contributed by atoms with van der Waals surface area (Å²) in [6.45, 7) is 0. The van der Waals surface area contributed by atoms with Crippen molar-refractivity contribution >= 4 is 44.2 Å². The number of halogens is 1. The van der Waals surface area contributed by atoms with Gasteiger partial charge < -0.3 is 14.7 Å². The highest BCUT2D eigenvalue weighted by Crippen LogP contribution is 2.36. The standard InChI is InChI=1S/C23H18FN5O3S/c24-14-5-8-16-19(11-14)33-22(26-16)25-15-6-3-13(4-7-15)17-12-18(31-28-17)20-27-23(9-1-2-10-23)21(30)32-29-20/h3-8,11-12H,1-2,9-10H2,(H,25,26)(H,27,29). The van der Waals surface area contributed by atoms with E-state index in [9.17, 15) is 9.18 Å². The minimum atomic E-state index is -0.812. The third kappa shape index (κ3) is 3.62. The maximum absolute atomic E-state index is 13.4. The molecule has 4 aromatic rings. The summed E-state index contributed by atoms with van der Waals surface area (Å²) in [5.74, 6) is 0.165. The molecule has 1 saturated carbocycles. The summed E-state index contributed by atoms with van der Waals surface area (Å²) in [4.78, 5) is 26.4. The Morgan fingerprint density at radius 2 is 1.91 bits per heavy atom. The molecule has 10 heteroatoms. The fourth-order valence-electron chi connectivity index (χ4n) is 4.18. The van der Waals surface area contributed by atoms with Gasteiger partial charge in [-0.3, -0.25) is 0 Å². The van der Waals surface area contributed by atoms with Crippen LogP contribution in [0.3, 0.4) is 0 Å². The van der Waals surface area contributed by atoms with Crippen molar-refractivity contribution in [2.24, 2.45) is 4.99 Å². The predicted molar refractivity (Wildman–Crippen MR) is 122 cm³/mol. The van der Waals surface area contributed by atoms with Gasteiger partial charge in [0, 0.05) is 17.3 Å². The Labute approximate surface area is 191 Å². The highest BCUT2D eigenvalue weighted by atomic mass is 32.1. The first-order valence-corrected chi connectivity index (χ1v) is 11.4. The number of carbonyl (C=O) groups is 1. The molecule has 0 saturated heterocycles. The summed E-state index contributed by atoms with van der Waals surface area (Å²) in [5.41, 5.74) is 4.85. The molecule has 2 aromatic carbocycles. The molecular formula is C23H18FN5O3S. The lowest BCUT2D eigenvalue weighted by atomic mass is 9.98. The molecule has 1 aliphatic heterocycles. The van der Waals surface area contributed by atoms with Gasteiger partial charge >= 0.3 is 5.97 Å². The number of carbonyl (C=O) groups excluding carboxylic acids is 1. The number of thiazole rings is 1. The van der Waals surface area contributed by atoms with Gasteiger partial charge in [-0.25, -0.2) is 19.2 Å². The van der Waals surface area contributed by atoms with Crippen LogP contribution in [0.15, 0.2) is 58.0 Å². The molecule has 0 radical (unpaired) electrons. The third-order valence-corrected chi connectivity index (χ3v) is 6.84. The number of rotatable bonds is 4.